The second-order valence-electron chi connectivity index (χ2n) is 7.17. The summed E-state index contributed by atoms with van der Waals surface area (Å²) < 4.78 is 0. The fourth-order valence-corrected chi connectivity index (χ4v) is 4.37. The topological polar surface area (TPSA) is 0 Å². The van der Waals surface area contributed by atoms with Crippen LogP contribution in [-0.4, -0.2) is 0 Å². The van der Waals surface area contributed by atoms with E-state index >= 15 is 0 Å². The van der Waals surface area contributed by atoms with Gasteiger partial charge in [-0.1, -0.05) is 98.0 Å². The largest absolute Gasteiger partial charge is 0.0728 e. The molecule has 4 rings (SSSR count). The van der Waals surface area contributed by atoms with Gasteiger partial charge in [0.1, 0.15) is 0 Å². The van der Waals surface area contributed by atoms with Crippen LogP contribution in [0.4, 0.5) is 0 Å². The van der Waals surface area contributed by atoms with E-state index < -0.39 is 0 Å². The van der Waals surface area contributed by atoms with Crippen LogP contribution < -0.4 is 0 Å². The molecule has 0 unspecified atom stereocenters. The highest BCUT2D eigenvalue weighted by molar-refractivity contribution is 5.42. The maximum Gasteiger partial charge on any atom is 0.0272 e. The van der Waals surface area contributed by atoms with E-state index in [2.05, 4.69) is 66.7 Å². The van der Waals surface area contributed by atoms with Crippen LogP contribution in [0.25, 0.3) is 0 Å². The average Bonchev–Trinajstić information content (AvgIpc) is 3.23. The summed E-state index contributed by atoms with van der Waals surface area (Å²) in [5.41, 5.74) is 4.60. The molecule has 118 valence electrons. The van der Waals surface area contributed by atoms with Gasteiger partial charge in [-0.05, 0) is 35.8 Å². The molecule has 0 N–H and O–H groups in total. The first-order valence-corrected chi connectivity index (χ1v) is 9.25. The van der Waals surface area contributed by atoms with Crippen molar-refractivity contribution in [2.75, 3.05) is 0 Å². The van der Waals surface area contributed by atoms with Gasteiger partial charge < -0.3 is 0 Å². The van der Waals surface area contributed by atoms with Gasteiger partial charge in [-0.2, -0.15) is 0 Å². The molecule has 0 nitrogen and oxygen atoms in total. The van der Waals surface area contributed by atoms with Crippen LogP contribution in [0.1, 0.15) is 55.6 Å². The molecule has 0 spiro atoms. The van der Waals surface area contributed by atoms with Gasteiger partial charge in [-0.25, -0.2) is 0 Å². The van der Waals surface area contributed by atoms with Crippen LogP contribution in [0, 0.1) is 11.8 Å². The second-order valence-corrected chi connectivity index (χ2v) is 7.17. The predicted molar refractivity (Wildman–Crippen MR) is 97.5 cm³/mol. The molecule has 0 saturated heterocycles. The molecular formula is C23H26. The molecule has 0 amide bonds. The van der Waals surface area contributed by atoms with Crippen molar-refractivity contribution in [2.24, 2.45) is 11.8 Å². The summed E-state index contributed by atoms with van der Waals surface area (Å²) in [5, 5.41) is 0. The fourth-order valence-electron chi connectivity index (χ4n) is 4.37. The first kappa shape index (κ1) is 14.8. The Hall–Kier alpha value is -1.82. The Balaban J connectivity index is 1.65. The predicted octanol–water partition coefficient (Wildman–Crippen LogP) is 6.35. The zero-order valence-electron chi connectivity index (χ0n) is 13.8. The SMILES string of the molecule is C(=C1[C@H]2CCCCCC[C@H]12)C(c1ccccc1)c1ccccc1. The van der Waals surface area contributed by atoms with Gasteiger partial charge >= 0.3 is 0 Å². The number of fused-ring (bicyclic) bond motifs is 1. The lowest BCUT2D eigenvalue weighted by molar-refractivity contribution is 0.485. The van der Waals surface area contributed by atoms with Gasteiger partial charge in [0.2, 0.25) is 0 Å². The summed E-state index contributed by atoms with van der Waals surface area (Å²) in [4.78, 5) is 0. The molecule has 2 aromatic rings. The Morgan fingerprint density at radius 3 is 1.61 bits per heavy atom. The van der Waals surface area contributed by atoms with Gasteiger partial charge in [0.15, 0.2) is 0 Å². The Kier molecular flexibility index (Phi) is 4.33. The zero-order valence-corrected chi connectivity index (χ0v) is 13.8. The maximum atomic E-state index is 2.60. The highest BCUT2D eigenvalue weighted by Gasteiger charge is 2.43. The zero-order chi connectivity index (χ0) is 15.5. The minimum Gasteiger partial charge on any atom is -0.0728 e. The van der Waals surface area contributed by atoms with Crippen molar-refractivity contribution in [1.29, 1.82) is 0 Å². The van der Waals surface area contributed by atoms with Gasteiger partial charge in [0.25, 0.3) is 0 Å². The van der Waals surface area contributed by atoms with Crippen LogP contribution in [0.3, 0.4) is 0 Å². The maximum absolute atomic E-state index is 2.60. The summed E-state index contributed by atoms with van der Waals surface area (Å²) in [6.07, 6.45) is 11.2. The fraction of sp³-hybridized carbons (Fsp3) is 0.391. The molecule has 0 heteroatoms. The van der Waals surface area contributed by atoms with E-state index in [0.29, 0.717) is 5.92 Å². The standard InChI is InChI=1S/C23H26/c1-2-10-16-21-20(15-9-1)23(21)17-22(18-11-5-3-6-12-18)19-13-7-4-8-14-19/h3-8,11-14,17,20-22H,1-2,9-10,15-16H2/t20-,21-/m0/s1. The average molecular weight is 302 g/mol. The van der Waals surface area contributed by atoms with Gasteiger partial charge in [-0.15, -0.1) is 0 Å². The molecular weight excluding hydrogens is 276 g/mol. The molecule has 0 radical (unpaired) electrons. The van der Waals surface area contributed by atoms with E-state index in [4.69, 9.17) is 0 Å². The number of hydrogen-bond acceptors (Lipinski definition) is 0. The number of hydrogen-bond donors (Lipinski definition) is 0. The summed E-state index contributed by atoms with van der Waals surface area (Å²) in [6.45, 7) is 0. The van der Waals surface area contributed by atoms with Crippen molar-refractivity contribution >= 4 is 0 Å². The Morgan fingerprint density at radius 2 is 1.13 bits per heavy atom. The number of rotatable bonds is 3. The molecule has 2 atom stereocenters. The molecule has 2 fully saturated rings. The summed E-state index contributed by atoms with van der Waals surface area (Å²) in [7, 11) is 0. The first-order valence-electron chi connectivity index (χ1n) is 9.25. The summed E-state index contributed by atoms with van der Waals surface area (Å²) in [6, 6.07) is 22.0. The van der Waals surface area contributed by atoms with Crippen LogP contribution in [0.15, 0.2) is 72.3 Å². The number of benzene rings is 2. The van der Waals surface area contributed by atoms with Crippen LogP contribution in [0.2, 0.25) is 0 Å². The third-order valence-electron chi connectivity index (χ3n) is 5.69. The Bertz CT molecular complexity index is 597. The molecule has 0 heterocycles. The van der Waals surface area contributed by atoms with Crippen molar-refractivity contribution < 1.29 is 0 Å². The molecule has 2 saturated carbocycles. The molecule has 0 bridgehead atoms. The Labute approximate surface area is 140 Å². The van der Waals surface area contributed by atoms with Crippen molar-refractivity contribution in [3.05, 3.63) is 83.4 Å². The molecule has 2 aliphatic carbocycles. The van der Waals surface area contributed by atoms with Crippen LogP contribution >= 0.6 is 0 Å². The van der Waals surface area contributed by atoms with E-state index in [9.17, 15) is 0 Å². The van der Waals surface area contributed by atoms with Gasteiger partial charge in [-0.3, -0.25) is 0 Å². The lowest BCUT2D eigenvalue weighted by Crippen LogP contribution is -1.97. The van der Waals surface area contributed by atoms with Crippen molar-refractivity contribution in [2.45, 2.75) is 44.4 Å². The lowest BCUT2D eigenvalue weighted by Gasteiger charge is -2.14. The van der Waals surface area contributed by atoms with Gasteiger partial charge in [0.05, 0.1) is 0 Å². The first-order chi connectivity index (χ1) is 11.4. The highest BCUT2D eigenvalue weighted by atomic mass is 14.5. The molecule has 0 aliphatic heterocycles. The smallest absolute Gasteiger partial charge is 0.0272 e. The molecule has 0 aromatic heterocycles. The summed E-state index contributed by atoms with van der Waals surface area (Å²) >= 11 is 0. The van der Waals surface area contributed by atoms with E-state index in [1.54, 1.807) is 5.57 Å². The van der Waals surface area contributed by atoms with Gasteiger partial charge in [0, 0.05) is 5.92 Å². The quantitative estimate of drug-likeness (QED) is 0.580. The van der Waals surface area contributed by atoms with Crippen LogP contribution in [0.5, 0.6) is 0 Å². The lowest BCUT2D eigenvalue weighted by atomic mass is 9.90. The minimum atomic E-state index is 0.417. The van der Waals surface area contributed by atoms with E-state index in [0.717, 1.165) is 11.8 Å². The van der Waals surface area contributed by atoms with E-state index in [1.807, 2.05) is 0 Å². The monoisotopic (exact) mass is 302 g/mol. The second kappa shape index (κ2) is 6.74. The highest BCUT2D eigenvalue weighted by Crippen LogP contribution is 2.54. The third kappa shape index (κ3) is 3.27. The molecule has 2 aromatic carbocycles. The van der Waals surface area contributed by atoms with Crippen molar-refractivity contribution in [1.82, 2.24) is 0 Å². The van der Waals surface area contributed by atoms with E-state index in [1.165, 1.54) is 49.7 Å². The van der Waals surface area contributed by atoms with Crippen molar-refractivity contribution in [3.63, 3.8) is 0 Å². The molecule has 23 heavy (non-hydrogen) atoms. The molecule has 2 aliphatic rings. The van der Waals surface area contributed by atoms with Crippen LogP contribution in [-0.2, 0) is 0 Å². The van der Waals surface area contributed by atoms with E-state index in [-0.39, 0.29) is 0 Å². The van der Waals surface area contributed by atoms with Crippen molar-refractivity contribution in [3.8, 4) is 0 Å². The Morgan fingerprint density at radius 1 is 0.652 bits per heavy atom. The normalized spacial score (nSPS) is 23.8. The summed E-state index contributed by atoms with van der Waals surface area (Å²) in [5.74, 6) is 2.20. The number of allylic oxidation sites excluding steroid dienone is 2. The third-order valence-corrected chi connectivity index (χ3v) is 5.69. The minimum absolute atomic E-state index is 0.417.